The maximum atomic E-state index is 12.0. The lowest BCUT2D eigenvalue weighted by Crippen LogP contribution is -2.44. The van der Waals surface area contributed by atoms with E-state index in [2.05, 4.69) is 10.2 Å². The number of aromatic nitrogens is 2. The van der Waals surface area contributed by atoms with Crippen LogP contribution in [0.4, 0.5) is 0 Å². The first kappa shape index (κ1) is 10.5. The van der Waals surface area contributed by atoms with Gasteiger partial charge in [0.15, 0.2) is 0 Å². The summed E-state index contributed by atoms with van der Waals surface area (Å²) >= 11 is 5.86. The molecule has 2 heterocycles. The highest BCUT2D eigenvalue weighted by atomic mass is 35.5. The monoisotopic (exact) mass is 227 g/mol. The number of carbonyl (C=O) groups is 1. The van der Waals surface area contributed by atoms with E-state index in [1.807, 2.05) is 4.90 Å². The minimum atomic E-state index is 0.0119. The van der Waals surface area contributed by atoms with Crippen LogP contribution in [0.5, 0.6) is 0 Å². The maximum Gasteiger partial charge on any atom is 0.272 e. The summed E-state index contributed by atoms with van der Waals surface area (Å²) in [5, 5.41) is 6.48. The number of hydrogen-bond donors (Lipinski definition) is 1. The van der Waals surface area contributed by atoms with Crippen LogP contribution in [0.1, 0.15) is 29.8 Å². The van der Waals surface area contributed by atoms with E-state index in [1.54, 1.807) is 12.3 Å². The van der Waals surface area contributed by atoms with Crippen molar-refractivity contribution in [3.63, 3.8) is 0 Å². The highest BCUT2D eigenvalue weighted by molar-refractivity contribution is 6.18. The van der Waals surface area contributed by atoms with Crippen molar-refractivity contribution in [2.75, 3.05) is 12.4 Å². The van der Waals surface area contributed by atoms with E-state index in [0.717, 1.165) is 25.8 Å². The largest absolute Gasteiger partial charge is 0.333 e. The molecule has 1 aromatic rings. The molecule has 15 heavy (non-hydrogen) atoms. The number of piperidine rings is 1. The molecular weight excluding hydrogens is 214 g/mol. The van der Waals surface area contributed by atoms with Gasteiger partial charge in [-0.2, -0.15) is 5.10 Å². The maximum absolute atomic E-state index is 12.0. The minimum absolute atomic E-state index is 0.0119. The molecule has 5 heteroatoms. The summed E-state index contributed by atoms with van der Waals surface area (Å²) in [7, 11) is 0. The van der Waals surface area contributed by atoms with E-state index < -0.39 is 0 Å². The molecule has 82 valence electrons. The molecule has 0 bridgehead atoms. The SMILES string of the molecule is O=C(c1ccn[nH]1)N1CCCCC1CCl. The number of hydrogen-bond acceptors (Lipinski definition) is 2. The Morgan fingerprint density at radius 1 is 1.67 bits per heavy atom. The van der Waals surface area contributed by atoms with Gasteiger partial charge in [-0.3, -0.25) is 9.89 Å². The number of aromatic amines is 1. The lowest BCUT2D eigenvalue weighted by Gasteiger charge is -2.34. The fourth-order valence-corrected chi connectivity index (χ4v) is 2.28. The molecular formula is C10H14ClN3O. The molecule has 1 N–H and O–H groups in total. The Balaban J connectivity index is 2.11. The number of likely N-dealkylation sites (tertiary alicyclic amines) is 1. The molecule has 0 saturated carbocycles. The van der Waals surface area contributed by atoms with Gasteiger partial charge in [-0.05, 0) is 25.3 Å². The van der Waals surface area contributed by atoms with Crippen LogP contribution in [0.3, 0.4) is 0 Å². The molecule has 1 saturated heterocycles. The second-order valence-electron chi connectivity index (χ2n) is 3.77. The summed E-state index contributed by atoms with van der Waals surface area (Å²) in [6.45, 7) is 0.801. The first-order valence-corrected chi connectivity index (χ1v) is 5.72. The molecule has 1 aliphatic rings. The van der Waals surface area contributed by atoms with Crippen molar-refractivity contribution < 1.29 is 4.79 Å². The van der Waals surface area contributed by atoms with Crippen LogP contribution < -0.4 is 0 Å². The van der Waals surface area contributed by atoms with Gasteiger partial charge in [0, 0.05) is 24.7 Å². The van der Waals surface area contributed by atoms with Crippen LogP contribution in [0.15, 0.2) is 12.3 Å². The highest BCUT2D eigenvalue weighted by Gasteiger charge is 2.27. The molecule has 1 fully saturated rings. The zero-order chi connectivity index (χ0) is 10.7. The van der Waals surface area contributed by atoms with Crippen molar-refractivity contribution >= 4 is 17.5 Å². The predicted molar refractivity (Wildman–Crippen MR) is 58.0 cm³/mol. The lowest BCUT2D eigenvalue weighted by atomic mass is 10.0. The average Bonchev–Trinajstić information content (AvgIpc) is 2.81. The summed E-state index contributed by atoms with van der Waals surface area (Å²) in [6.07, 6.45) is 4.81. The fourth-order valence-electron chi connectivity index (χ4n) is 1.96. The van der Waals surface area contributed by atoms with Crippen LogP contribution >= 0.6 is 11.6 Å². The summed E-state index contributed by atoms with van der Waals surface area (Å²) < 4.78 is 0. The van der Waals surface area contributed by atoms with Gasteiger partial charge in [0.2, 0.25) is 0 Å². The van der Waals surface area contributed by atoms with Crippen molar-refractivity contribution in [3.8, 4) is 0 Å². The lowest BCUT2D eigenvalue weighted by molar-refractivity contribution is 0.0633. The number of H-pyrrole nitrogens is 1. The number of rotatable bonds is 2. The molecule has 0 aromatic carbocycles. The van der Waals surface area contributed by atoms with Crippen LogP contribution in [0.2, 0.25) is 0 Å². The molecule has 1 atom stereocenters. The Morgan fingerprint density at radius 2 is 2.53 bits per heavy atom. The van der Waals surface area contributed by atoms with Gasteiger partial charge in [0.25, 0.3) is 5.91 Å². The molecule has 4 nitrogen and oxygen atoms in total. The quantitative estimate of drug-likeness (QED) is 0.781. The van der Waals surface area contributed by atoms with Crippen molar-refractivity contribution in [2.45, 2.75) is 25.3 Å². The Morgan fingerprint density at radius 3 is 3.20 bits per heavy atom. The third-order valence-electron chi connectivity index (χ3n) is 2.80. The topological polar surface area (TPSA) is 49.0 Å². The first-order valence-electron chi connectivity index (χ1n) is 5.19. The van der Waals surface area contributed by atoms with Crippen molar-refractivity contribution in [3.05, 3.63) is 18.0 Å². The number of carbonyl (C=O) groups excluding carboxylic acids is 1. The molecule has 0 aliphatic carbocycles. The zero-order valence-electron chi connectivity index (χ0n) is 8.45. The number of nitrogens with one attached hydrogen (secondary N) is 1. The van der Waals surface area contributed by atoms with Gasteiger partial charge < -0.3 is 4.90 Å². The van der Waals surface area contributed by atoms with Gasteiger partial charge >= 0.3 is 0 Å². The number of amides is 1. The van der Waals surface area contributed by atoms with Crippen molar-refractivity contribution in [1.29, 1.82) is 0 Å². The average molecular weight is 228 g/mol. The third-order valence-corrected chi connectivity index (χ3v) is 3.15. The summed E-state index contributed by atoms with van der Waals surface area (Å²) in [5.41, 5.74) is 0.548. The van der Waals surface area contributed by atoms with E-state index in [-0.39, 0.29) is 11.9 Å². The van der Waals surface area contributed by atoms with Gasteiger partial charge in [-0.15, -0.1) is 11.6 Å². The Hall–Kier alpha value is -1.03. The van der Waals surface area contributed by atoms with Crippen molar-refractivity contribution in [2.24, 2.45) is 0 Å². The first-order chi connectivity index (χ1) is 7.33. The van der Waals surface area contributed by atoms with E-state index in [1.165, 1.54) is 0 Å². The van der Waals surface area contributed by atoms with Gasteiger partial charge in [-0.25, -0.2) is 0 Å². The molecule has 1 unspecified atom stereocenters. The molecule has 2 rings (SSSR count). The Bertz CT molecular complexity index is 325. The van der Waals surface area contributed by atoms with Crippen LogP contribution in [0.25, 0.3) is 0 Å². The zero-order valence-corrected chi connectivity index (χ0v) is 9.20. The van der Waals surface area contributed by atoms with E-state index in [9.17, 15) is 4.79 Å². The van der Waals surface area contributed by atoms with Gasteiger partial charge in [0.05, 0.1) is 0 Å². The predicted octanol–water partition coefficient (Wildman–Crippen LogP) is 1.64. The van der Waals surface area contributed by atoms with Crippen molar-refractivity contribution in [1.82, 2.24) is 15.1 Å². The Labute approximate surface area is 93.6 Å². The molecule has 0 spiro atoms. The second kappa shape index (κ2) is 4.66. The molecule has 1 aromatic heterocycles. The highest BCUT2D eigenvalue weighted by Crippen LogP contribution is 2.19. The molecule has 1 amide bonds. The van der Waals surface area contributed by atoms with E-state index in [0.29, 0.717) is 11.6 Å². The van der Waals surface area contributed by atoms with Crippen LogP contribution in [0, 0.1) is 0 Å². The van der Waals surface area contributed by atoms with Gasteiger partial charge in [-0.1, -0.05) is 0 Å². The Kier molecular flexibility index (Phi) is 3.26. The summed E-state index contributed by atoms with van der Waals surface area (Å²) in [6, 6.07) is 1.87. The van der Waals surface area contributed by atoms with Crippen LogP contribution in [-0.2, 0) is 0 Å². The van der Waals surface area contributed by atoms with Gasteiger partial charge in [0.1, 0.15) is 5.69 Å². The molecule has 0 radical (unpaired) electrons. The normalized spacial score (nSPS) is 21.7. The second-order valence-corrected chi connectivity index (χ2v) is 4.08. The fraction of sp³-hybridized carbons (Fsp3) is 0.600. The smallest absolute Gasteiger partial charge is 0.272 e. The number of nitrogens with zero attached hydrogens (tertiary/aromatic N) is 2. The summed E-state index contributed by atoms with van der Waals surface area (Å²) in [5.74, 6) is 0.526. The number of halogens is 1. The minimum Gasteiger partial charge on any atom is -0.333 e. The number of alkyl halides is 1. The molecule has 1 aliphatic heterocycles. The van der Waals surface area contributed by atoms with E-state index in [4.69, 9.17) is 11.6 Å². The third kappa shape index (κ3) is 2.15. The summed E-state index contributed by atoms with van der Waals surface area (Å²) in [4.78, 5) is 13.9. The van der Waals surface area contributed by atoms with Crippen LogP contribution in [-0.4, -0.2) is 39.5 Å². The van der Waals surface area contributed by atoms with E-state index >= 15 is 0 Å². The standard InChI is InChI=1S/C10H14ClN3O/c11-7-8-3-1-2-6-14(8)10(15)9-4-5-12-13-9/h4-5,8H,1-3,6-7H2,(H,12,13).